The lowest BCUT2D eigenvalue weighted by Gasteiger charge is -2.13. The van der Waals surface area contributed by atoms with E-state index in [1.165, 1.54) is 15.6 Å². The fraction of sp³-hybridized carbons (Fsp3) is 0.0714. The molecule has 0 unspecified atom stereocenters. The molecule has 0 spiro atoms. The number of anilines is 1. The molecule has 1 aliphatic heterocycles. The Morgan fingerprint density at radius 3 is 2.78 bits per heavy atom. The molecule has 1 aliphatic rings. The monoisotopic (exact) mass is 274 g/mol. The molecule has 0 radical (unpaired) electrons. The van der Waals surface area contributed by atoms with Gasteiger partial charge < -0.3 is 4.90 Å². The van der Waals surface area contributed by atoms with Gasteiger partial charge in [-0.25, -0.2) is 0 Å². The molecule has 0 bridgehead atoms. The second-order valence-electron chi connectivity index (χ2n) is 4.04. The fourth-order valence-corrected chi connectivity index (χ4v) is 3.26. The number of halogens is 1. The molecule has 1 aromatic carbocycles. The van der Waals surface area contributed by atoms with Crippen molar-refractivity contribution >= 4 is 35.1 Å². The van der Waals surface area contributed by atoms with E-state index in [4.69, 9.17) is 11.6 Å². The van der Waals surface area contributed by atoms with Crippen molar-refractivity contribution in [3.8, 4) is 0 Å². The summed E-state index contributed by atoms with van der Waals surface area (Å²) < 4.78 is 0. The Balaban J connectivity index is 1.97. The van der Waals surface area contributed by atoms with Crippen molar-refractivity contribution in [1.82, 2.24) is 4.98 Å². The van der Waals surface area contributed by atoms with Crippen LogP contribution in [0, 0.1) is 0 Å². The van der Waals surface area contributed by atoms with Gasteiger partial charge in [-0.2, -0.15) is 0 Å². The van der Waals surface area contributed by atoms with Crippen LogP contribution < -0.4 is 4.90 Å². The lowest BCUT2D eigenvalue weighted by atomic mass is 10.2. The van der Waals surface area contributed by atoms with Gasteiger partial charge in [0, 0.05) is 29.4 Å². The summed E-state index contributed by atoms with van der Waals surface area (Å²) in [7, 11) is 2.07. The Hall–Kier alpha value is -1.45. The molecule has 18 heavy (non-hydrogen) atoms. The SMILES string of the molecule is CN1C(=Cc2ccncc2)Sc2cc(Cl)ccc21. The van der Waals surface area contributed by atoms with Gasteiger partial charge in [-0.3, -0.25) is 4.98 Å². The fourth-order valence-electron chi connectivity index (χ4n) is 1.88. The van der Waals surface area contributed by atoms with Gasteiger partial charge in [0.2, 0.25) is 0 Å². The molecule has 2 aromatic rings. The minimum absolute atomic E-state index is 0.778. The number of pyridine rings is 1. The van der Waals surface area contributed by atoms with Crippen molar-refractivity contribution in [1.29, 1.82) is 0 Å². The first-order valence-corrected chi connectivity index (χ1v) is 6.76. The van der Waals surface area contributed by atoms with Crippen LogP contribution in [0.3, 0.4) is 0 Å². The van der Waals surface area contributed by atoms with E-state index in [-0.39, 0.29) is 0 Å². The molecule has 90 valence electrons. The maximum atomic E-state index is 6.02. The predicted molar refractivity (Wildman–Crippen MR) is 77.9 cm³/mol. The van der Waals surface area contributed by atoms with Crippen LogP contribution in [0.25, 0.3) is 6.08 Å². The highest BCUT2D eigenvalue weighted by atomic mass is 35.5. The van der Waals surface area contributed by atoms with Crippen molar-refractivity contribution in [2.24, 2.45) is 0 Å². The first kappa shape index (κ1) is 11.6. The third-order valence-electron chi connectivity index (χ3n) is 2.82. The Labute approximate surface area is 115 Å². The van der Waals surface area contributed by atoms with Gasteiger partial charge in [-0.05, 0) is 42.0 Å². The summed E-state index contributed by atoms with van der Waals surface area (Å²) >= 11 is 7.75. The zero-order valence-corrected chi connectivity index (χ0v) is 11.4. The summed E-state index contributed by atoms with van der Waals surface area (Å²) in [6, 6.07) is 9.98. The number of rotatable bonds is 1. The van der Waals surface area contributed by atoms with Crippen LogP contribution in [0.2, 0.25) is 5.02 Å². The minimum atomic E-state index is 0.778. The maximum absolute atomic E-state index is 6.02. The summed E-state index contributed by atoms with van der Waals surface area (Å²) in [5, 5.41) is 1.97. The van der Waals surface area contributed by atoms with Crippen molar-refractivity contribution in [3.05, 3.63) is 58.3 Å². The molecule has 0 amide bonds. The highest BCUT2D eigenvalue weighted by Crippen LogP contribution is 2.46. The van der Waals surface area contributed by atoms with Crippen molar-refractivity contribution in [2.45, 2.75) is 4.90 Å². The van der Waals surface area contributed by atoms with Crippen LogP contribution in [-0.2, 0) is 0 Å². The topological polar surface area (TPSA) is 16.1 Å². The molecule has 3 rings (SSSR count). The number of thioether (sulfide) groups is 1. The van der Waals surface area contributed by atoms with E-state index in [1.807, 2.05) is 24.3 Å². The summed E-state index contributed by atoms with van der Waals surface area (Å²) in [6.45, 7) is 0. The number of fused-ring (bicyclic) bond motifs is 1. The molecule has 2 nitrogen and oxygen atoms in total. The molecule has 4 heteroatoms. The highest BCUT2D eigenvalue weighted by Gasteiger charge is 2.21. The first-order valence-electron chi connectivity index (χ1n) is 5.57. The third kappa shape index (κ3) is 2.11. The lowest BCUT2D eigenvalue weighted by molar-refractivity contribution is 1.18. The Morgan fingerprint density at radius 1 is 1.22 bits per heavy atom. The standard InChI is InChI=1S/C14H11ClN2S/c1-17-12-3-2-11(15)9-13(12)18-14(17)8-10-4-6-16-7-5-10/h2-9H,1H3. The Kier molecular flexibility index (Phi) is 3.02. The second kappa shape index (κ2) is 4.67. The quantitative estimate of drug-likeness (QED) is 0.772. The van der Waals surface area contributed by atoms with E-state index in [0.717, 1.165) is 10.6 Å². The molecular formula is C14H11ClN2S. The number of hydrogen-bond acceptors (Lipinski definition) is 3. The summed E-state index contributed by atoms with van der Waals surface area (Å²) in [4.78, 5) is 7.40. The van der Waals surface area contributed by atoms with E-state index in [9.17, 15) is 0 Å². The number of nitrogens with zero attached hydrogens (tertiary/aromatic N) is 2. The van der Waals surface area contributed by atoms with Gasteiger partial charge in [-0.1, -0.05) is 23.4 Å². The van der Waals surface area contributed by atoms with Gasteiger partial charge in [-0.15, -0.1) is 0 Å². The van der Waals surface area contributed by atoms with E-state index in [0.29, 0.717) is 0 Å². The molecule has 0 saturated carbocycles. The molecule has 0 aliphatic carbocycles. The summed E-state index contributed by atoms with van der Waals surface area (Å²) in [5.74, 6) is 0. The van der Waals surface area contributed by atoms with Crippen LogP contribution in [0.1, 0.15) is 5.56 Å². The van der Waals surface area contributed by atoms with Crippen LogP contribution in [0.5, 0.6) is 0 Å². The van der Waals surface area contributed by atoms with E-state index < -0.39 is 0 Å². The lowest BCUT2D eigenvalue weighted by Crippen LogP contribution is -2.09. The molecule has 0 fully saturated rings. The van der Waals surface area contributed by atoms with Crippen molar-refractivity contribution < 1.29 is 0 Å². The smallest absolute Gasteiger partial charge is 0.0804 e. The molecular weight excluding hydrogens is 264 g/mol. The van der Waals surface area contributed by atoms with Gasteiger partial charge in [0.15, 0.2) is 0 Å². The van der Waals surface area contributed by atoms with E-state index in [2.05, 4.69) is 29.1 Å². The van der Waals surface area contributed by atoms with E-state index in [1.54, 1.807) is 24.2 Å². The summed E-state index contributed by atoms with van der Waals surface area (Å²) in [6.07, 6.45) is 5.76. The first-order chi connectivity index (χ1) is 8.74. The average Bonchev–Trinajstić information content (AvgIpc) is 2.67. The normalized spacial score (nSPS) is 16.1. The van der Waals surface area contributed by atoms with Crippen molar-refractivity contribution in [2.75, 3.05) is 11.9 Å². The minimum Gasteiger partial charge on any atom is -0.338 e. The second-order valence-corrected chi connectivity index (χ2v) is 5.53. The molecule has 0 saturated heterocycles. The maximum Gasteiger partial charge on any atom is 0.0804 e. The van der Waals surface area contributed by atoms with Gasteiger partial charge in [0.1, 0.15) is 0 Å². The van der Waals surface area contributed by atoms with Gasteiger partial charge in [0.25, 0.3) is 0 Å². The Bertz CT molecular complexity index is 610. The van der Waals surface area contributed by atoms with Crippen LogP contribution in [-0.4, -0.2) is 12.0 Å². The van der Waals surface area contributed by atoms with Gasteiger partial charge >= 0.3 is 0 Å². The predicted octanol–water partition coefficient (Wildman–Crippen LogP) is 4.28. The molecule has 2 heterocycles. The largest absolute Gasteiger partial charge is 0.338 e. The highest BCUT2D eigenvalue weighted by molar-refractivity contribution is 8.03. The van der Waals surface area contributed by atoms with E-state index >= 15 is 0 Å². The Morgan fingerprint density at radius 2 is 2.00 bits per heavy atom. The number of aromatic nitrogens is 1. The van der Waals surface area contributed by atoms with Crippen molar-refractivity contribution in [3.63, 3.8) is 0 Å². The third-order valence-corrected chi connectivity index (χ3v) is 4.21. The number of benzene rings is 1. The van der Waals surface area contributed by atoms with Crippen LogP contribution in [0.4, 0.5) is 5.69 Å². The molecule has 0 atom stereocenters. The summed E-state index contributed by atoms with van der Waals surface area (Å²) in [5.41, 5.74) is 2.35. The van der Waals surface area contributed by atoms with Crippen LogP contribution in [0.15, 0.2) is 52.7 Å². The molecule has 1 aromatic heterocycles. The zero-order valence-electron chi connectivity index (χ0n) is 9.80. The van der Waals surface area contributed by atoms with Gasteiger partial charge in [0.05, 0.1) is 10.7 Å². The number of hydrogen-bond donors (Lipinski definition) is 0. The average molecular weight is 275 g/mol. The molecule has 0 N–H and O–H groups in total. The van der Waals surface area contributed by atoms with Crippen LogP contribution >= 0.6 is 23.4 Å². The zero-order chi connectivity index (χ0) is 12.5.